The first-order valence-corrected chi connectivity index (χ1v) is 12.6. The third kappa shape index (κ3) is 5.21. The van der Waals surface area contributed by atoms with Crippen LogP contribution in [0.1, 0.15) is 29.7 Å². The number of halogens is 1. The van der Waals surface area contributed by atoms with Gasteiger partial charge in [-0.25, -0.2) is 0 Å². The summed E-state index contributed by atoms with van der Waals surface area (Å²) in [6, 6.07) is 16.5. The molecule has 1 amide bonds. The number of carbonyl (C=O) groups is 1. The Labute approximate surface area is 224 Å². The van der Waals surface area contributed by atoms with Crippen LogP contribution in [0.15, 0.2) is 77.9 Å². The van der Waals surface area contributed by atoms with Gasteiger partial charge >= 0.3 is 0 Å². The predicted octanol–water partition coefficient (Wildman–Crippen LogP) is 5.06. The summed E-state index contributed by atoms with van der Waals surface area (Å²) in [6.45, 7) is 0.386. The number of pyridine rings is 1. The van der Waals surface area contributed by atoms with Crippen LogP contribution in [0.5, 0.6) is 11.5 Å². The summed E-state index contributed by atoms with van der Waals surface area (Å²) in [5, 5.41) is 7.29. The minimum atomic E-state index is -0.230. The van der Waals surface area contributed by atoms with Gasteiger partial charge in [0.25, 0.3) is 5.56 Å². The third-order valence-corrected chi connectivity index (χ3v) is 6.98. The lowest BCUT2D eigenvalue weighted by Gasteiger charge is -2.25. The van der Waals surface area contributed by atoms with Gasteiger partial charge in [0.2, 0.25) is 5.91 Å². The van der Waals surface area contributed by atoms with E-state index in [2.05, 4.69) is 15.2 Å². The molecule has 1 saturated heterocycles. The summed E-state index contributed by atoms with van der Waals surface area (Å²) < 4.78 is 10.9. The number of aromatic nitrogens is 3. The minimum absolute atomic E-state index is 0.0587. The van der Waals surface area contributed by atoms with Crippen LogP contribution in [0, 0.1) is 0 Å². The molecule has 0 radical (unpaired) electrons. The number of nitrogens with zero attached hydrogens (tertiary/aromatic N) is 2. The van der Waals surface area contributed by atoms with Crippen molar-refractivity contribution in [1.29, 1.82) is 0 Å². The Morgan fingerprint density at radius 2 is 1.92 bits per heavy atom. The van der Waals surface area contributed by atoms with Crippen LogP contribution in [-0.2, 0) is 11.3 Å². The van der Waals surface area contributed by atoms with Crippen LogP contribution in [0.2, 0.25) is 5.02 Å². The lowest BCUT2D eigenvalue weighted by atomic mass is 9.98. The van der Waals surface area contributed by atoms with Crippen molar-refractivity contribution in [3.63, 3.8) is 0 Å². The van der Waals surface area contributed by atoms with Crippen molar-refractivity contribution in [3.05, 3.63) is 105 Å². The number of hydrogen-bond acceptors (Lipinski definition) is 5. The molecule has 0 spiro atoms. The Morgan fingerprint density at radius 1 is 1.11 bits per heavy atom. The van der Waals surface area contributed by atoms with Crippen molar-refractivity contribution in [3.8, 4) is 22.6 Å². The number of ether oxygens (including phenoxy) is 2. The quantitative estimate of drug-likeness (QED) is 0.332. The third-order valence-electron chi connectivity index (χ3n) is 6.73. The Bertz CT molecular complexity index is 1530. The predicted molar refractivity (Wildman–Crippen MR) is 146 cm³/mol. The van der Waals surface area contributed by atoms with Gasteiger partial charge in [-0.2, -0.15) is 5.10 Å². The molecular weight excluding hydrogens is 504 g/mol. The molecule has 0 bridgehead atoms. The monoisotopic (exact) mass is 530 g/mol. The molecule has 0 saturated carbocycles. The fraction of sp³-hybridized carbons (Fsp3) is 0.207. The molecule has 9 heteroatoms. The number of carbonyl (C=O) groups excluding carboxylic acids is 1. The summed E-state index contributed by atoms with van der Waals surface area (Å²) in [5.41, 5.74) is 4.20. The van der Waals surface area contributed by atoms with E-state index in [0.717, 1.165) is 16.7 Å². The van der Waals surface area contributed by atoms with E-state index in [1.54, 1.807) is 32.7 Å². The van der Waals surface area contributed by atoms with Crippen molar-refractivity contribution in [2.45, 2.75) is 25.4 Å². The number of hydrogen-bond donors (Lipinski definition) is 2. The molecule has 2 aromatic carbocycles. The van der Waals surface area contributed by atoms with Crippen molar-refractivity contribution in [2.24, 2.45) is 0 Å². The molecule has 1 atom stereocenters. The highest BCUT2D eigenvalue weighted by molar-refractivity contribution is 6.30. The Balaban J connectivity index is 1.54. The summed E-state index contributed by atoms with van der Waals surface area (Å²) in [7, 11) is 3.20. The van der Waals surface area contributed by atoms with Gasteiger partial charge in [-0.1, -0.05) is 29.8 Å². The lowest BCUT2D eigenvalue weighted by molar-refractivity contribution is -0.129. The number of amides is 1. The summed E-state index contributed by atoms with van der Waals surface area (Å²) in [4.78, 5) is 30.9. The van der Waals surface area contributed by atoms with Gasteiger partial charge in [0, 0.05) is 52.6 Å². The molecule has 2 aromatic heterocycles. The normalized spacial score (nSPS) is 15.7. The van der Waals surface area contributed by atoms with Gasteiger partial charge in [0.15, 0.2) is 0 Å². The first kappa shape index (κ1) is 25.4. The van der Waals surface area contributed by atoms with E-state index in [1.165, 1.54) is 0 Å². The number of likely N-dealkylation sites (tertiary alicyclic amines) is 1. The molecule has 3 heterocycles. The zero-order valence-electron chi connectivity index (χ0n) is 21.0. The number of nitrogens with one attached hydrogen (secondary N) is 2. The summed E-state index contributed by atoms with van der Waals surface area (Å²) >= 11 is 6.16. The number of H-pyrrole nitrogens is 2. The van der Waals surface area contributed by atoms with E-state index in [1.807, 2.05) is 59.5 Å². The SMILES string of the molecule is COc1ccc(CN2C(=O)CC[C@@H]2C=C(c2ccc(Cl)cc2)c2ccc(-c3cn[nH]c3)c(=O)[nH]2)c(OC)c1. The summed E-state index contributed by atoms with van der Waals surface area (Å²) in [5.74, 6) is 1.40. The molecule has 4 aromatic rings. The smallest absolute Gasteiger partial charge is 0.256 e. The van der Waals surface area contributed by atoms with Crippen LogP contribution in [0.25, 0.3) is 16.7 Å². The van der Waals surface area contributed by atoms with Crippen LogP contribution in [0.3, 0.4) is 0 Å². The van der Waals surface area contributed by atoms with Crippen molar-refractivity contribution in [1.82, 2.24) is 20.1 Å². The topological polar surface area (TPSA) is 100 Å². The molecule has 2 N–H and O–H groups in total. The van der Waals surface area contributed by atoms with Gasteiger partial charge in [0.05, 0.1) is 32.0 Å². The summed E-state index contributed by atoms with van der Waals surface area (Å²) in [6.07, 6.45) is 6.42. The first-order valence-electron chi connectivity index (χ1n) is 12.2. The first-order chi connectivity index (χ1) is 18.5. The molecular formula is C29H27ClN4O4. The maximum absolute atomic E-state index is 13.0. The largest absolute Gasteiger partial charge is 0.497 e. The molecule has 38 heavy (non-hydrogen) atoms. The molecule has 1 fully saturated rings. The zero-order chi connectivity index (χ0) is 26.6. The van der Waals surface area contributed by atoms with Crippen LogP contribution in [0.4, 0.5) is 0 Å². The maximum Gasteiger partial charge on any atom is 0.256 e. The van der Waals surface area contributed by atoms with Crippen molar-refractivity contribution < 1.29 is 14.3 Å². The van der Waals surface area contributed by atoms with E-state index in [0.29, 0.717) is 52.7 Å². The zero-order valence-corrected chi connectivity index (χ0v) is 21.8. The van der Waals surface area contributed by atoms with E-state index in [9.17, 15) is 9.59 Å². The fourth-order valence-corrected chi connectivity index (χ4v) is 4.85. The lowest BCUT2D eigenvalue weighted by Crippen LogP contribution is -2.31. The molecule has 194 valence electrons. The highest BCUT2D eigenvalue weighted by atomic mass is 35.5. The van der Waals surface area contributed by atoms with Crippen molar-refractivity contribution in [2.75, 3.05) is 14.2 Å². The van der Waals surface area contributed by atoms with E-state index in [-0.39, 0.29) is 17.5 Å². The Hall–Kier alpha value is -4.30. The standard InChI is InChI=1S/C29H27ClN4O4/c1-37-23-9-5-19(27(14-23)38-2)17-34-22(8-12-28(34)35)13-25(18-3-6-21(30)7-4-18)26-11-10-24(29(36)33-26)20-15-31-32-16-20/h3-7,9-11,13-16,22H,8,12,17H2,1-2H3,(H,31,32)(H,33,36)/t22-/m1/s1. The Kier molecular flexibility index (Phi) is 7.33. The molecule has 5 rings (SSSR count). The van der Waals surface area contributed by atoms with E-state index >= 15 is 0 Å². The number of benzene rings is 2. The highest BCUT2D eigenvalue weighted by Gasteiger charge is 2.31. The number of methoxy groups -OCH3 is 2. The average molecular weight is 531 g/mol. The fourth-order valence-electron chi connectivity index (χ4n) is 4.72. The van der Waals surface area contributed by atoms with E-state index in [4.69, 9.17) is 21.1 Å². The number of aromatic amines is 2. The van der Waals surface area contributed by atoms with Crippen LogP contribution >= 0.6 is 11.6 Å². The number of rotatable bonds is 8. The second-order valence-corrected chi connectivity index (χ2v) is 9.43. The Morgan fingerprint density at radius 3 is 2.61 bits per heavy atom. The molecule has 0 aliphatic carbocycles. The maximum atomic E-state index is 13.0. The van der Waals surface area contributed by atoms with Crippen LogP contribution < -0.4 is 15.0 Å². The van der Waals surface area contributed by atoms with Crippen LogP contribution in [-0.4, -0.2) is 46.2 Å². The molecule has 8 nitrogen and oxygen atoms in total. The molecule has 1 aliphatic rings. The van der Waals surface area contributed by atoms with Gasteiger partial charge in [0.1, 0.15) is 11.5 Å². The average Bonchev–Trinajstić information content (AvgIpc) is 3.58. The molecule has 0 unspecified atom stereocenters. The second kappa shape index (κ2) is 11.0. The molecule has 1 aliphatic heterocycles. The second-order valence-electron chi connectivity index (χ2n) is 8.99. The van der Waals surface area contributed by atoms with Gasteiger partial charge in [-0.15, -0.1) is 0 Å². The van der Waals surface area contributed by atoms with Crippen molar-refractivity contribution >= 4 is 23.1 Å². The van der Waals surface area contributed by atoms with Gasteiger partial charge in [-0.3, -0.25) is 14.7 Å². The highest BCUT2D eigenvalue weighted by Crippen LogP contribution is 2.32. The van der Waals surface area contributed by atoms with Gasteiger partial charge in [-0.05, 0) is 48.4 Å². The van der Waals surface area contributed by atoms with E-state index < -0.39 is 0 Å². The minimum Gasteiger partial charge on any atom is -0.497 e. The van der Waals surface area contributed by atoms with Gasteiger partial charge < -0.3 is 19.4 Å².